The van der Waals surface area contributed by atoms with Crippen molar-refractivity contribution >= 4 is 29.5 Å². The average molecular weight is 574 g/mol. The van der Waals surface area contributed by atoms with E-state index in [1.165, 1.54) is 25.7 Å². The van der Waals surface area contributed by atoms with Gasteiger partial charge in [-0.2, -0.15) is 11.8 Å². The van der Waals surface area contributed by atoms with Crippen molar-refractivity contribution in [3.63, 3.8) is 0 Å². The summed E-state index contributed by atoms with van der Waals surface area (Å²) in [5.41, 5.74) is 0. The number of urea groups is 1. The van der Waals surface area contributed by atoms with Crippen LogP contribution in [-0.4, -0.2) is 58.6 Å². The lowest BCUT2D eigenvalue weighted by atomic mass is 10.0. The lowest BCUT2D eigenvalue weighted by Gasteiger charge is -2.16. The maximum atomic E-state index is 12.2. The fourth-order valence-electron chi connectivity index (χ4n) is 4.81. The summed E-state index contributed by atoms with van der Waals surface area (Å²) in [5.74, 6) is 0.562. The van der Waals surface area contributed by atoms with Crippen LogP contribution in [0.25, 0.3) is 0 Å². The number of thioether (sulfide) groups is 1. The number of aliphatic hydroxyl groups is 1. The highest BCUT2D eigenvalue weighted by Gasteiger charge is 2.42. The minimum absolute atomic E-state index is 0.0259. The number of allylic oxidation sites excluding steroid dienone is 8. The van der Waals surface area contributed by atoms with Crippen molar-refractivity contribution in [3.8, 4) is 0 Å². The predicted molar refractivity (Wildman–Crippen MR) is 166 cm³/mol. The Morgan fingerprint density at radius 1 is 0.900 bits per heavy atom. The van der Waals surface area contributed by atoms with E-state index in [9.17, 15) is 19.5 Å². The molecule has 8 heteroatoms. The molecule has 1 unspecified atom stereocenters. The third-order valence-electron chi connectivity index (χ3n) is 7.20. The van der Waals surface area contributed by atoms with E-state index in [2.05, 4.69) is 71.5 Å². The summed E-state index contributed by atoms with van der Waals surface area (Å²) in [4.78, 5) is 35.7. The van der Waals surface area contributed by atoms with Crippen molar-refractivity contribution in [3.05, 3.63) is 48.6 Å². The second-order valence-corrected chi connectivity index (χ2v) is 11.9. The van der Waals surface area contributed by atoms with Crippen LogP contribution in [0.3, 0.4) is 0 Å². The lowest BCUT2D eigenvalue weighted by Crippen LogP contribution is -2.37. The maximum absolute atomic E-state index is 12.2. The molecular weight excluding hydrogens is 522 g/mol. The minimum atomic E-state index is -1.15. The van der Waals surface area contributed by atoms with Crippen LogP contribution in [0.4, 0.5) is 4.79 Å². The Balaban J connectivity index is 1.40. The molecule has 40 heavy (non-hydrogen) atoms. The number of unbranched alkanes of at least 4 members (excludes halogenated alkanes) is 5. The van der Waals surface area contributed by atoms with Gasteiger partial charge in [-0.25, -0.2) is 4.79 Å². The molecule has 2 heterocycles. The Hall–Kier alpha value is -2.32. The summed E-state index contributed by atoms with van der Waals surface area (Å²) in [6.07, 6.45) is 29.0. The number of carbonyl (C=O) groups excluding carboxylic acids is 3. The fraction of sp³-hybridized carbons (Fsp3) is 0.656. The number of rotatable bonds is 22. The molecular formula is C32H51N3O4S. The molecule has 0 aromatic rings. The summed E-state index contributed by atoms with van der Waals surface area (Å²) in [6.45, 7) is 2.20. The number of nitrogens with one attached hydrogen (secondary N) is 3. The van der Waals surface area contributed by atoms with Crippen LogP contribution in [0.5, 0.6) is 0 Å². The highest BCUT2D eigenvalue weighted by atomic mass is 32.2. The van der Waals surface area contributed by atoms with Crippen LogP contribution in [0.15, 0.2) is 48.6 Å². The van der Waals surface area contributed by atoms with Crippen LogP contribution < -0.4 is 16.0 Å². The van der Waals surface area contributed by atoms with E-state index < -0.39 is 6.10 Å². The molecule has 4 atom stereocenters. The van der Waals surface area contributed by atoms with Crippen molar-refractivity contribution in [1.82, 2.24) is 16.0 Å². The first-order chi connectivity index (χ1) is 19.5. The first-order valence-electron chi connectivity index (χ1n) is 15.3. The highest BCUT2D eigenvalue weighted by molar-refractivity contribution is 8.00. The molecule has 2 saturated heterocycles. The highest BCUT2D eigenvalue weighted by Crippen LogP contribution is 2.33. The molecule has 0 radical (unpaired) electrons. The number of amides is 3. The number of ketones is 1. The Morgan fingerprint density at radius 3 is 2.23 bits per heavy atom. The van der Waals surface area contributed by atoms with E-state index in [1.54, 1.807) is 0 Å². The molecule has 0 spiro atoms. The molecule has 3 amide bonds. The monoisotopic (exact) mass is 573 g/mol. The van der Waals surface area contributed by atoms with E-state index in [0.29, 0.717) is 24.5 Å². The summed E-state index contributed by atoms with van der Waals surface area (Å²) in [5, 5.41) is 19.1. The van der Waals surface area contributed by atoms with Crippen molar-refractivity contribution in [2.45, 2.75) is 120 Å². The summed E-state index contributed by atoms with van der Waals surface area (Å²) in [6, 6.07) is 0.301. The van der Waals surface area contributed by atoms with Gasteiger partial charge in [0.2, 0.25) is 5.91 Å². The number of aliphatic hydroxyl groups excluding tert-OH is 1. The zero-order valence-electron chi connectivity index (χ0n) is 24.3. The first-order valence-corrected chi connectivity index (χ1v) is 16.3. The van der Waals surface area contributed by atoms with Crippen LogP contribution >= 0.6 is 11.8 Å². The Kier molecular flexibility index (Phi) is 18.2. The van der Waals surface area contributed by atoms with E-state index in [1.807, 2.05) is 11.8 Å². The van der Waals surface area contributed by atoms with Crippen LogP contribution in [-0.2, 0) is 9.59 Å². The van der Waals surface area contributed by atoms with Gasteiger partial charge >= 0.3 is 6.03 Å². The average Bonchev–Trinajstić information content (AvgIpc) is 3.50. The van der Waals surface area contributed by atoms with E-state index >= 15 is 0 Å². The Bertz CT molecular complexity index is 870. The van der Waals surface area contributed by atoms with E-state index in [-0.39, 0.29) is 36.3 Å². The number of Topliss-reactive ketones (excluding diaryl/α,β-unsaturated/α-hetero) is 1. The molecule has 0 saturated carbocycles. The van der Waals surface area contributed by atoms with Crippen molar-refractivity contribution in [1.29, 1.82) is 0 Å². The molecule has 2 fully saturated rings. The molecule has 4 N–H and O–H groups in total. The molecule has 0 aromatic carbocycles. The van der Waals surface area contributed by atoms with Gasteiger partial charge in [0.05, 0.1) is 18.6 Å². The first kappa shape index (κ1) is 33.9. The summed E-state index contributed by atoms with van der Waals surface area (Å²) < 4.78 is 0. The van der Waals surface area contributed by atoms with Crippen LogP contribution in [0.2, 0.25) is 0 Å². The number of carbonyl (C=O) groups is 3. The fourth-order valence-corrected chi connectivity index (χ4v) is 6.35. The van der Waals surface area contributed by atoms with Crippen LogP contribution in [0.1, 0.15) is 96.8 Å². The number of hydrogen-bond acceptors (Lipinski definition) is 5. The molecule has 0 aliphatic carbocycles. The van der Waals surface area contributed by atoms with E-state index in [4.69, 9.17) is 0 Å². The molecule has 224 valence electrons. The van der Waals surface area contributed by atoms with Crippen molar-refractivity contribution in [2.24, 2.45) is 0 Å². The normalized spacial score (nSPS) is 21.4. The quantitative estimate of drug-likeness (QED) is 0.0732. The van der Waals surface area contributed by atoms with Gasteiger partial charge in [-0.1, -0.05) is 74.8 Å². The van der Waals surface area contributed by atoms with Gasteiger partial charge in [0, 0.05) is 23.8 Å². The molecule has 0 aromatic heterocycles. The maximum Gasteiger partial charge on any atom is 0.315 e. The van der Waals surface area contributed by atoms with Gasteiger partial charge in [0.1, 0.15) is 6.10 Å². The molecule has 2 aliphatic heterocycles. The van der Waals surface area contributed by atoms with Gasteiger partial charge in [0.15, 0.2) is 5.78 Å². The van der Waals surface area contributed by atoms with Gasteiger partial charge in [-0.3, -0.25) is 9.59 Å². The standard InChI is InChI=1S/C32H51N3O4S/c1-2-3-4-5-6-7-8-9-10-11-12-13-14-15-16-17-18-23-30(38)33-24-28(37)27(36)21-19-20-22-29-31-26(25-40-29)34-32(39)35-31/h6-7,9-10,12-13,15-16,26,28-29,31,37H,2-5,8,11,14,17-25H2,1H3,(H,33,38)(H2,34,35,39)/t26-,28?,29-,31-/m0/s1. The third kappa shape index (κ3) is 14.9. The third-order valence-corrected chi connectivity index (χ3v) is 8.70. The largest absolute Gasteiger partial charge is 0.383 e. The number of hydrogen-bond donors (Lipinski definition) is 4. The molecule has 7 nitrogen and oxygen atoms in total. The smallest absolute Gasteiger partial charge is 0.315 e. The summed E-state index contributed by atoms with van der Waals surface area (Å²) >= 11 is 1.86. The zero-order valence-corrected chi connectivity index (χ0v) is 25.1. The second kappa shape index (κ2) is 21.4. The lowest BCUT2D eigenvalue weighted by molar-refractivity contribution is -0.128. The van der Waals surface area contributed by atoms with Gasteiger partial charge in [-0.05, 0) is 57.8 Å². The van der Waals surface area contributed by atoms with E-state index in [0.717, 1.165) is 50.7 Å². The van der Waals surface area contributed by atoms with Crippen molar-refractivity contribution < 1.29 is 19.5 Å². The van der Waals surface area contributed by atoms with Crippen LogP contribution in [0, 0.1) is 0 Å². The topological polar surface area (TPSA) is 108 Å². The SMILES string of the molecule is CCCCCC=CCC=CCC=CCC=CCCCC(=O)NCC(O)C(=O)CCCC[C@@H]1SC[C@@H]2NC(=O)N[C@@H]21. The Labute approximate surface area is 245 Å². The summed E-state index contributed by atoms with van der Waals surface area (Å²) in [7, 11) is 0. The second-order valence-electron chi connectivity index (χ2n) is 10.6. The molecule has 2 rings (SSSR count). The van der Waals surface area contributed by atoms with Gasteiger partial charge in [-0.15, -0.1) is 0 Å². The Morgan fingerprint density at radius 2 is 1.55 bits per heavy atom. The zero-order chi connectivity index (χ0) is 28.8. The molecule has 2 aliphatic rings. The van der Waals surface area contributed by atoms with Gasteiger partial charge < -0.3 is 21.1 Å². The predicted octanol–water partition coefficient (Wildman–Crippen LogP) is 5.90. The molecule has 0 bridgehead atoms. The minimum Gasteiger partial charge on any atom is -0.383 e. The van der Waals surface area contributed by atoms with Crippen molar-refractivity contribution in [2.75, 3.05) is 12.3 Å². The van der Waals surface area contributed by atoms with Gasteiger partial charge in [0.25, 0.3) is 0 Å². The number of fused-ring (bicyclic) bond motifs is 1.